The summed E-state index contributed by atoms with van der Waals surface area (Å²) in [5.41, 5.74) is 1.24. The van der Waals surface area contributed by atoms with Crippen molar-refractivity contribution >= 4 is 28.8 Å². The van der Waals surface area contributed by atoms with Gasteiger partial charge >= 0.3 is 11.6 Å². The SMILES string of the molecule is COc1ccc2c(C)c(CC(=O)NCC(=O)NC(C(=O)O)C(C)C)c(=O)oc2c1C. The molecule has 0 bridgehead atoms. The Morgan fingerprint density at radius 2 is 1.80 bits per heavy atom. The number of methoxy groups -OCH3 is 1. The number of amides is 2. The van der Waals surface area contributed by atoms with E-state index in [9.17, 15) is 19.2 Å². The van der Waals surface area contributed by atoms with E-state index in [-0.39, 0.29) is 17.9 Å². The van der Waals surface area contributed by atoms with E-state index in [4.69, 9.17) is 14.3 Å². The molecule has 0 saturated heterocycles. The highest BCUT2D eigenvalue weighted by molar-refractivity contribution is 5.90. The van der Waals surface area contributed by atoms with Crippen molar-refractivity contribution in [1.29, 1.82) is 0 Å². The van der Waals surface area contributed by atoms with Crippen molar-refractivity contribution in [2.45, 2.75) is 40.2 Å². The summed E-state index contributed by atoms with van der Waals surface area (Å²) in [6.45, 7) is 6.42. The Bertz CT molecular complexity index is 1040. The van der Waals surface area contributed by atoms with Crippen molar-refractivity contribution in [2.75, 3.05) is 13.7 Å². The summed E-state index contributed by atoms with van der Waals surface area (Å²) in [7, 11) is 1.52. The number of aryl methyl sites for hydroxylation is 2. The van der Waals surface area contributed by atoms with Crippen LogP contribution in [0.15, 0.2) is 21.3 Å². The fourth-order valence-electron chi connectivity index (χ4n) is 3.14. The van der Waals surface area contributed by atoms with E-state index in [0.29, 0.717) is 27.8 Å². The summed E-state index contributed by atoms with van der Waals surface area (Å²) in [6, 6.07) is 2.46. The Morgan fingerprint density at radius 1 is 1.13 bits per heavy atom. The first kappa shape index (κ1) is 22.9. The number of hydrogen-bond acceptors (Lipinski definition) is 6. The summed E-state index contributed by atoms with van der Waals surface area (Å²) < 4.78 is 10.7. The van der Waals surface area contributed by atoms with E-state index in [0.717, 1.165) is 0 Å². The first-order chi connectivity index (χ1) is 14.1. The summed E-state index contributed by atoms with van der Waals surface area (Å²) >= 11 is 0. The Morgan fingerprint density at radius 3 is 2.37 bits per heavy atom. The molecular weight excluding hydrogens is 392 g/mol. The lowest BCUT2D eigenvalue weighted by Crippen LogP contribution is -2.48. The Balaban J connectivity index is 2.13. The van der Waals surface area contributed by atoms with E-state index in [1.165, 1.54) is 7.11 Å². The third-order valence-electron chi connectivity index (χ3n) is 4.91. The van der Waals surface area contributed by atoms with Gasteiger partial charge in [-0.3, -0.25) is 9.59 Å². The summed E-state index contributed by atoms with van der Waals surface area (Å²) in [6.07, 6.45) is -0.269. The van der Waals surface area contributed by atoms with Crippen molar-refractivity contribution in [1.82, 2.24) is 10.6 Å². The van der Waals surface area contributed by atoms with Crippen molar-refractivity contribution < 1.29 is 28.6 Å². The van der Waals surface area contributed by atoms with E-state index in [1.54, 1.807) is 39.8 Å². The second kappa shape index (κ2) is 9.43. The average molecular weight is 418 g/mol. The molecule has 9 nitrogen and oxygen atoms in total. The highest BCUT2D eigenvalue weighted by Gasteiger charge is 2.23. The number of fused-ring (bicyclic) bond motifs is 1. The van der Waals surface area contributed by atoms with Crippen LogP contribution in [0.25, 0.3) is 11.0 Å². The molecule has 0 aliphatic rings. The lowest BCUT2D eigenvalue weighted by molar-refractivity contribution is -0.143. The number of carboxylic acids is 1. The van der Waals surface area contributed by atoms with Gasteiger partial charge in [0.15, 0.2) is 0 Å². The smallest absolute Gasteiger partial charge is 0.340 e. The molecule has 0 aliphatic carbocycles. The molecular formula is C21H26N2O7. The van der Waals surface area contributed by atoms with Gasteiger partial charge in [0.25, 0.3) is 0 Å². The quantitative estimate of drug-likeness (QED) is 0.550. The van der Waals surface area contributed by atoms with E-state index < -0.39 is 36.0 Å². The maximum atomic E-state index is 12.4. The van der Waals surface area contributed by atoms with Gasteiger partial charge in [-0.2, -0.15) is 0 Å². The Hall–Kier alpha value is -3.36. The Kier molecular flexibility index (Phi) is 7.20. The second-order valence-corrected chi connectivity index (χ2v) is 7.34. The number of carbonyl (C=O) groups is 3. The molecule has 1 unspecified atom stereocenters. The maximum Gasteiger partial charge on any atom is 0.340 e. The molecule has 162 valence electrons. The van der Waals surface area contributed by atoms with Gasteiger partial charge in [-0.15, -0.1) is 0 Å². The van der Waals surface area contributed by atoms with Gasteiger partial charge in [-0.05, 0) is 37.5 Å². The molecule has 0 radical (unpaired) electrons. The number of carbonyl (C=O) groups excluding carboxylic acids is 2. The zero-order valence-electron chi connectivity index (χ0n) is 17.6. The molecule has 1 atom stereocenters. The van der Waals surface area contributed by atoms with Crippen LogP contribution in [-0.4, -0.2) is 42.6 Å². The van der Waals surface area contributed by atoms with Crippen LogP contribution in [0.4, 0.5) is 0 Å². The monoisotopic (exact) mass is 418 g/mol. The third kappa shape index (κ3) is 4.97. The third-order valence-corrected chi connectivity index (χ3v) is 4.91. The minimum Gasteiger partial charge on any atom is -0.496 e. The lowest BCUT2D eigenvalue weighted by Gasteiger charge is -2.18. The van der Waals surface area contributed by atoms with Gasteiger partial charge in [-0.1, -0.05) is 13.8 Å². The molecule has 2 aromatic rings. The van der Waals surface area contributed by atoms with Gasteiger partial charge in [0.1, 0.15) is 17.4 Å². The Labute approximate surface area is 173 Å². The van der Waals surface area contributed by atoms with Gasteiger partial charge in [-0.25, -0.2) is 9.59 Å². The fraction of sp³-hybridized carbons (Fsp3) is 0.429. The van der Waals surface area contributed by atoms with Crippen molar-refractivity contribution in [2.24, 2.45) is 5.92 Å². The summed E-state index contributed by atoms with van der Waals surface area (Å²) in [4.78, 5) is 47.8. The predicted molar refractivity (Wildman–Crippen MR) is 110 cm³/mol. The number of ether oxygens (including phenoxy) is 1. The molecule has 2 rings (SSSR count). The lowest BCUT2D eigenvalue weighted by atomic mass is 10.0. The van der Waals surface area contributed by atoms with Crippen LogP contribution in [0, 0.1) is 19.8 Å². The van der Waals surface area contributed by atoms with Crippen molar-refractivity contribution in [3.05, 3.63) is 39.2 Å². The van der Waals surface area contributed by atoms with Crippen LogP contribution >= 0.6 is 0 Å². The zero-order valence-corrected chi connectivity index (χ0v) is 17.6. The molecule has 1 heterocycles. The highest BCUT2D eigenvalue weighted by atomic mass is 16.5. The van der Waals surface area contributed by atoms with Crippen LogP contribution in [-0.2, 0) is 20.8 Å². The van der Waals surface area contributed by atoms with Gasteiger partial charge in [0, 0.05) is 10.9 Å². The number of rotatable bonds is 8. The molecule has 0 aliphatic heterocycles. The zero-order chi connectivity index (χ0) is 22.6. The minimum atomic E-state index is -1.15. The number of hydrogen-bond donors (Lipinski definition) is 3. The number of benzene rings is 1. The van der Waals surface area contributed by atoms with Crippen LogP contribution in [0.2, 0.25) is 0 Å². The van der Waals surface area contributed by atoms with Crippen molar-refractivity contribution in [3.8, 4) is 5.75 Å². The first-order valence-electron chi connectivity index (χ1n) is 9.45. The molecule has 1 aromatic heterocycles. The normalized spacial score (nSPS) is 11.9. The van der Waals surface area contributed by atoms with Crippen LogP contribution in [0.5, 0.6) is 5.75 Å². The largest absolute Gasteiger partial charge is 0.496 e. The number of carboxylic acid groups (broad SMARTS) is 1. The molecule has 30 heavy (non-hydrogen) atoms. The average Bonchev–Trinajstić information content (AvgIpc) is 2.68. The van der Waals surface area contributed by atoms with Crippen molar-refractivity contribution in [3.63, 3.8) is 0 Å². The van der Waals surface area contributed by atoms with E-state index in [2.05, 4.69) is 10.6 Å². The van der Waals surface area contributed by atoms with Crippen LogP contribution in [0.3, 0.4) is 0 Å². The predicted octanol–water partition coefficient (Wildman–Crippen LogP) is 1.30. The van der Waals surface area contributed by atoms with Gasteiger partial charge in [0.2, 0.25) is 11.8 Å². The van der Waals surface area contributed by atoms with Crippen LogP contribution < -0.4 is 21.0 Å². The van der Waals surface area contributed by atoms with E-state index >= 15 is 0 Å². The fourth-order valence-corrected chi connectivity index (χ4v) is 3.14. The maximum absolute atomic E-state index is 12.4. The summed E-state index contributed by atoms with van der Waals surface area (Å²) in [5, 5.41) is 14.6. The van der Waals surface area contributed by atoms with E-state index in [1.807, 2.05) is 0 Å². The molecule has 9 heteroatoms. The van der Waals surface area contributed by atoms with Gasteiger partial charge in [0.05, 0.1) is 25.6 Å². The topological polar surface area (TPSA) is 135 Å². The van der Waals surface area contributed by atoms with Crippen LogP contribution in [0.1, 0.15) is 30.5 Å². The molecule has 0 fully saturated rings. The molecule has 0 spiro atoms. The van der Waals surface area contributed by atoms with Gasteiger partial charge < -0.3 is 24.9 Å². The number of nitrogens with one attached hydrogen (secondary N) is 2. The summed E-state index contributed by atoms with van der Waals surface area (Å²) in [5.74, 6) is -2.06. The minimum absolute atomic E-state index is 0.190. The number of aliphatic carboxylic acids is 1. The first-order valence-corrected chi connectivity index (χ1v) is 9.45. The standard InChI is InChI=1S/C21H26N2O7/c1-10(2)18(20(26)27)23-17(25)9-22-16(24)8-14-11(3)13-6-7-15(29-5)12(4)19(13)30-21(14)28/h6-7,10,18H,8-9H2,1-5H3,(H,22,24)(H,23,25)(H,26,27). The molecule has 0 saturated carbocycles. The molecule has 2 amide bonds. The second-order valence-electron chi connectivity index (χ2n) is 7.34. The highest BCUT2D eigenvalue weighted by Crippen LogP contribution is 2.29. The molecule has 3 N–H and O–H groups in total. The molecule has 1 aromatic carbocycles.